The fourth-order valence-corrected chi connectivity index (χ4v) is 2.22. The van der Waals surface area contributed by atoms with Crippen molar-refractivity contribution in [3.05, 3.63) is 58.1 Å². The summed E-state index contributed by atoms with van der Waals surface area (Å²) < 4.78 is 0.726. The first-order valence-corrected chi connectivity index (χ1v) is 7.49. The lowest BCUT2D eigenvalue weighted by Gasteiger charge is -2.08. The first-order valence-electron chi connectivity index (χ1n) is 6.69. The number of nitrogens with one attached hydrogen (secondary N) is 2. The summed E-state index contributed by atoms with van der Waals surface area (Å²) >= 11 is 3.24. The zero-order chi connectivity index (χ0) is 15.2. The summed E-state index contributed by atoms with van der Waals surface area (Å²) in [7, 11) is 0. The van der Waals surface area contributed by atoms with Gasteiger partial charge in [0.05, 0.1) is 5.56 Å². The molecule has 0 aromatic heterocycles. The maximum absolute atomic E-state index is 12.1. The summed E-state index contributed by atoms with van der Waals surface area (Å²) in [6.45, 7) is 3.78. The van der Waals surface area contributed by atoms with Crippen LogP contribution in [0.5, 0.6) is 5.75 Å². The molecule has 4 nitrogen and oxygen atoms in total. The Hall–Kier alpha value is -1.85. The molecule has 2 aromatic rings. The Balaban J connectivity index is 2.05. The van der Waals surface area contributed by atoms with Crippen molar-refractivity contribution in [2.24, 2.45) is 0 Å². The van der Waals surface area contributed by atoms with E-state index in [2.05, 4.69) is 33.5 Å². The molecular weight excluding hydrogens is 332 g/mol. The Bertz CT molecular complexity index is 627. The van der Waals surface area contributed by atoms with Crippen LogP contribution < -0.4 is 10.6 Å². The quantitative estimate of drug-likeness (QED) is 0.774. The van der Waals surface area contributed by atoms with Crippen molar-refractivity contribution in [3.8, 4) is 5.75 Å². The molecule has 0 unspecified atom stereocenters. The maximum Gasteiger partial charge on any atom is 0.259 e. The molecular formula is C16H17BrN2O2. The van der Waals surface area contributed by atoms with Gasteiger partial charge < -0.3 is 15.7 Å². The molecule has 21 heavy (non-hydrogen) atoms. The molecule has 0 fully saturated rings. The van der Waals surface area contributed by atoms with Crippen molar-refractivity contribution >= 4 is 27.5 Å². The summed E-state index contributed by atoms with van der Waals surface area (Å²) in [4.78, 5) is 12.1. The van der Waals surface area contributed by atoms with Crippen molar-refractivity contribution in [2.75, 3.05) is 11.9 Å². The lowest BCUT2D eigenvalue weighted by Crippen LogP contribution is -2.13. The molecule has 1 amide bonds. The highest BCUT2D eigenvalue weighted by Gasteiger charge is 2.11. The largest absolute Gasteiger partial charge is 0.507 e. The Kier molecular flexibility index (Phi) is 5.36. The van der Waals surface area contributed by atoms with Crippen molar-refractivity contribution in [1.29, 1.82) is 0 Å². The predicted octanol–water partition coefficient (Wildman–Crippen LogP) is 3.52. The Morgan fingerprint density at radius 3 is 2.52 bits per heavy atom. The van der Waals surface area contributed by atoms with E-state index >= 15 is 0 Å². The summed E-state index contributed by atoms with van der Waals surface area (Å²) in [5.74, 6) is -0.384. The van der Waals surface area contributed by atoms with Gasteiger partial charge in [-0.2, -0.15) is 0 Å². The van der Waals surface area contributed by atoms with Gasteiger partial charge in [-0.05, 0) is 42.4 Å². The normalized spacial score (nSPS) is 10.4. The first-order chi connectivity index (χ1) is 10.1. The molecule has 0 aliphatic carbocycles. The van der Waals surface area contributed by atoms with Gasteiger partial charge in [-0.25, -0.2) is 0 Å². The highest BCUT2D eigenvalue weighted by molar-refractivity contribution is 9.10. The smallest absolute Gasteiger partial charge is 0.259 e. The number of phenolic OH excluding ortho intramolecular Hbond substituents is 1. The van der Waals surface area contributed by atoms with Crippen molar-refractivity contribution < 1.29 is 9.90 Å². The molecule has 0 saturated heterocycles. The van der Waals surface area contributed by atoms with E-state index in [4.69, 9.17) is 0 Å². The van der Waals surface area contributed by atoms with E-state index in [1.165, 1.54) is 6.07 Å². The van der Waals surface area contributed by atoms with Crippen LogP contribution in [0.15, 0.2) is 46.9 Å². The zero-order valence-corrected chi connectivity index (χ0v) is 13.3. The molecule has 0 atom stereocenters. The van der Waals surface area contributed by atoms with Gasteiger partial charge in [0.1, 0.15) is 5.75 Å². The van der Waals surface area contributed by atoms with Gasteiger partial charge in [0, 0.05) is 16.7 Å². The molecule has 3 N–H and O–H groups in total. The van der Waals surface area contributed by atoms with E-state index in [9.17, 15) is 9.90 Å². The third-order valence-electron chi connectivity index (χ3n) is 3.00. The number of carbonyl (C=O) groups is 1. The van der Waals surface area contributed by atoms with Crippen LogP contribution in [0.25, 0.3) is 0 Å². The van der Waals surface area contributed by atoms with Crippen molar-refractivity contribution in [1.82, 2.24) is 5.32 Å². The minimum atomic E-state index is -0.334. The van der Waals surface area contributed by atoms with E-state index in [1.54, 1.807) is 12.1 Å². The Labute approximate surface area is 132 Å². The van der Waals surface area contributed by atoms with E-state index in [0.717, 1.165) is 23.1 Å². The number of phenols is 1. The van der Waals surface area contributed by atoms with Crippen LogP contribution in [-0.2, 0) is 6.54 Å². The van der Waals surface area contributed by atoms with Gasteiger partial charge in [-0.15, -0.1) is 0 Å². The topological polar surface area (TPSA) is 61.4 Å². The number of carbonyl (C=O) groups excluding carboxylic acids is 1. The molecule has 110 valence electrons. The molecule has 0 saturated carbocycles. The van der Waals surface area contributed by atoms with E-state index in [0.29, 0.717) is 5.69 Å². The van der Waals surface area contributed by atoms with Crippen molar-refractivity contribution in [2.45, 2.75) is 13.5 Å². The third kappa shape index (κ3) is 4.31. The Morgan fingerprint density at radius 1 is 1.19 bits per heavy atom. The average Bonchev–Trinajstić information content (AvgIpc) is 2.46. The molecule has 0 aliphatic heterocycles. The molecule has 5 heteroatoms. The summed E-state index contributed by atoms with van der Waals surface area (Å²) in [5, 5.41) is 15.8. The summed E-state index contributed by atoms with van der Waals surface area (Å²) in [5.41, 5.74) is 2.10. The monoisotopic (exact) mass is 348 g/mol. The molecule has 0 spiro atoms. The number of anilines is 1. The first kappa shape index (κ1) is 15.5. The minimum absolute atomic E-state index is 0.0503. The van der Waals surface area contributed by atoms with Gasteiger partial charge in [0.15, 0.2) is 0 Å². The third-order valence-corrected chi connectivity index (χ3v) is 3.49. The fourth-order valence-electron chi connectivity index (χ4n) is 1.87. The second kappa shape index (κ2) is 7.24. The lowest BCUT2D eigenvalue weighted by molar-refractivity contribution is 0.102. The zero-order valence-electron chi connectivity index (χ0n) is 11.7. The molecule has 0 heterocycles. The van der Waals surface area contributed by atoms with Gasteiger partial charge in [0.2, 0.25) is 0 Å². The van der Waals surface area contributed by atoms with Crippen LogP contribution in [0, 0.1) is 0 Å². The highest BCUT2D eigenvalue weighted by atomic mass is 79.9. The minimum Gasteiger partial charge on any atom is -0.507 e. The standard InChI is InChI=1S/C16H17BrN2O2/c1-2-18-10-11-3-6-13(7-4-11)19-16(21)14-8-5-12(17)9-15(14)20/h3-9,18,20H,2,10H2,1H3,(H,19,21). The number of benzene rings is 2. The van der Waals surface area contributed by atoms with Gasteiger partial charge in [-0.3, -0.25) is 4.79 Å². The van der Waals surface area contributed by atoms with E-state index < -0.39 is 0 Å². The maximum atomic E-state index is 12.1. The van der Waals surface area contributed by atoms with E-state index in [-0.39, 0.29) is 17.2 Å². The number of hydrogen-bond acceptors (Lipinski definition) is 3. The SMILES string of the molecule is CCNCc1ccc(NC(=O)c2ccc(Br)cc2O)cc1. The molecule has 2 rings (SSSR count). The summed E-state index contributed by atoms with van der Waals surface area (Å²) in [6, 6.07) is 12.4. The van der Waals surface area contributed by atoms with Crippen LogP contribution in [0.1, 0.15) is 22.8 Å². The highest BCUT2D eigenvalue weighted by Crippen LogP contribution is 2.23. The van der Waals surface area contributed by atoms with Gasteiger partial charge >= 0.3 is 0 Å². The molecule has 0 bridgehead atoms. The van der Waals surface area contributed by atoms with Gasteiger partial charge in [-0.1, -0.05) is 35.0 Å². The molecule has 0 radical (unpaired) electrons. The Morgan fingerprint density at radius 2 is 1.90 bits per heavy atom. The summed E-state index contributed by atoms with van der Waals surface area (Å²) in [6.07, 6.45) is 0. The molecule has 2 aromatic carbocycles. The number of aromatic hydroxyl groups is 1. The predicted molar refractivity (Wildman–Crippen MR) is 87.6 cm³/mol. The van der Waals surface area contributed by atoms with Crippen LogP contribution >= 0.6 is 15.9 Å². The second-order valence-corrected chi connectivity index (χ2v) is 5.51. The number of rotatable bonds is 5. The fraction of sp³-hybridized carbons (Fsp3) is 0.188. The molecule has 0 aliphatic rings. The number of hydrogen-bond donors (Lipinski definition) is 3. The van der Waals surface area contributed by atoms with Crippen LogP contribution in [0.3, 0.4) is 0 Å². The van der Waals surface area contributed by atoms with Crippen LogP contribution in [0.4, 0.5) is 5.69 Å². The van der Waals surface area contributed by atoms with Crippen LogP contribution in [-0.4, -0.2) is 17.6 Å². The van der Waals surface area contributed by atoms with Crippen molar-refractivity contribution in [3.63, 3.8) is 0 Å². The number of halogens is 1. The lowest BCUT2D eigenvalue weighted by atomic mass is 10.1. The van der Waals surface area contributed by atoms with Gasteiger partial charge in [0.25, 0.3) is 5.91 Å². The van der Waals surface area contributed by atoms with Crippen LogP contribution in [0.2, 0.25) is 0 Å². The van der Waals surface area contributed by atoms with E-state index in [1.807, 2.05) is 24.3 Å². The second-order valence-electron chi connectivity index (χ2n) is 4.59. The number of amides is 1. The average molecular weight is 349 g/mol.